The second-order valence-corrected chi connectivity index (χ2v) is 4.24. The van der Waals surface area contributed by atoms with E-state index in [9.17, 15) is 28.1 Å². The van der Waals surface area contributed by atoms with Crippen molar-refractivity contribution in [2.45, 2.75) is 6.18 Å². The lowest BCUT2D eigenvalue weighted by molar-refractivity contribution is -0.388. The Labute approximate surface area is 125 Å². The monoisotopic (exact) mass is 325 g/mol. The summed E-state index contributed by atoms with van der Waals surface area (Å²) in [6.45, 7) is 0. The number of alkyl halides is 3. The number of benzene rings is 1. The van der Waals surface area contributed by atoms with Gasteiger partial charge in [0, 0.05) is 0 Å². The molecule has 8 nitrogen and oxygen atoms in total. The first-order valence-corrected chi connectivity index (χ1v) is 5.81. The topological polar surface area (TPSA) is 128 Å². The maximum absolute atomic E-state index is 12.9. The number of carbonyl (C=O) groups excluding carboxylic acids is 1. The molecule has 0 aliphatic rings. The Morgan fingerprint density at radius 1 is 1.35 bits per heavy atom. The molecule has 0 saturated heterocycles. The number of hydrogen-bond donors (Lipinski definition) is 1. The van der Waals surface area contributed by atoms with Crippen LogP contribution in [0, 0.1) is 21.4 Å². The number of carbonyl (C=O) groups is 1. The fraction of sp³-hybridized carbons (Fsp3) is 0.0833. The number of hydrogen-bond acceptors (Lipinski definition) is 5. The van der Waals surface area contributed by atoms with E-state index in [0.29, 0.717) is 4.68 Å². The third kappa shape index (κ3) is 2.82. The van der Waals surface area contributed by atoms with E-state index >= 15 is 0 Å². The SMILES string of the molecule is N#Cc1ccc(-n2nc(C(F)(F)F)c([N+](=O)[O-])c2C(N)=O)cc1. The molecular weight excluding hydrogens is 319 g/mol. The number of nitriles is 1. The van der Waals surface area contributed by atoms with Crippen LogP contribution in [0.1, 0.15) is 21.7 Å². The van der Waals surface area contributed by atoms with Gasteiger partial charge in [-0.05, 0) is 24.3 Å². The van der Waals surface area contributed by atoms with Gasteiger partial charge >= 0.3 is 11.9 Å². The van der Waals surface area contributed by atoms with E-state index in [0.717, 1.165) is 0 Å². The molecule has 0 bridgehead atoms. The van der Waals surface area contributed by atoms with Gasteiger partial charge in [0.2, 0.25) is 11.4 Å². The zero-order valence-corrected chi connectivity index (χ0v) is 11.0. The standard InChI is InChI=1S/C12H6F3N5O3/c13-12(14,15)10-8(20(22)23)9(11(17)21)19(18-10)7-3-1-6(5-16)2-4-7/h1-4H,(H2,17,21). The highest BCUT2D eigenvalue weighted by molar-refractivity contribution is 5.96. The minimum absolute atomic E-state index is 0.0867. The normalized spacial score (nSPS) is 11.0. The highest BCUT2D eigenvalue weighted by Gasteiger charge is 2.46. The second kappa shape index (κ2) is 5.41. The minimum Gasteiger partial charge on any atom is -0.364 e. The van der Waals surface area contributed by atoms with Crippen molar-refractivity contribution < 1.29 is 22.9 Å². The molecule has 0 saturated carbocycles. The molecule has 118 valence electrons. The Bertz CT molecular complexity index is 833. The predicted octanol–water partition coefficient (Wildman–Crippen LogP) is 1.77. The van der Waals surface area contributed by atoms with E-state index in [1.165, 1.54) is 24.3 Å². The highest BCUT2D eigenvalue weighted by atomic mass is 19.4. The molecule has 0 spiro atoms. The first-order valence-electron chi connectivity index (χ1n) is 5.81. The van der Waals surface area contributed by atoms with Gasteiger partial charge in [-0.1, -0.05) is 0 Å². The van der Waals surface area contributed by atoms with Crippen molar-refractivity contribution in [1.29, 1.82) is 5.26 Å². The highest BCUT2D eigenvalue weighted by Crippen LogP contribution is 2.38. The molecular formula is C12H6F3N5O3. The summed E-state index contributed by atoms with van der Waals surface area (Å²) in [4.78, 5) is 21.0. The molecule has 23 heavy (non-hydrogen) atoms. The van der Waals surface area contributed by atoms with Gasteiger partial charge in [-0.15, -0.1) is 0 Å². The Balaban J connectivity index is 2.80. The van der Waals surface area contributed by atoms with Gasteiger partial charge < -0.3 is 5.73 Å². The van der Waals surface area contributed by atoms with Gasteiger partial charge in [0.15, 0.2) is 0 Å². The predicted molar refractivity (Wildman–Crippen MR) is 68.5 cm³/mol. The summed E-state index contributed by atoms with van der Waals surface area (Å²) >= 11 is 0. The van der Waals surface area contributed by atoms with Gasteiger partial charge in [-0.2, -0.15) is 23.5 Å². The maximum atomic E-state index is 12.9. The summed E-state index contributed by atoms with van der Waals surface area (Å²) in [6.07, 6.45) is -5.15. The van der Waals surface area contributed by atoms with E-state index in [2.05, 4.69) is 5.10 Å². The number of aromatic nitrogens is 2. The summed E-state index contributed by atoms with van der Waals surface area (Å²) in [5.74, 6) is -1.44. The number of rotatable bonds is 3. The Morgan fingerprint density at radius 2 is 1.91 bits per heavy atom. The van der Waals surface area contributed by atoms with Crippen LogP contribution in [-0.2, 0) is 6.18 Å². The second-order valence-electron chi connectivity index (χ2n) is 4.24. The van der Waals surface area contributed by atoms with Gasteiger partial charge in [0.05, 0.1) is 22.2 Å². The lowest BCUT2D eigenvalue weighted by Gasteiger charge is -2.04. The molecule has 11 heteroatoms. The first kappa shape index (κ1) is 16.0. The molecule has 2 aromatic rings. The minimum atomic E-state index is -5.15. The van der Waals surface area contributed by atoms with Crippen molar-refractivity contribution in [2.24, 2.45) is 5.73 Å². The van der Waals surface area contributed by atoms with Crippen molar-refractivity contribution in [3.05, 3.63) is 51.3 Å². The average Bonchev–Trinajstić information content (AvgIpc) is 2.88. The van der Waals surface area contributed by atoms with Crippen molar-refractivity contribution in [1.82, 2.24) is 9.78 Å². The van der Waals surface area contributed by atoms with Crippen LogP contribution < -0.4 is 5.73 Å². The summed E-state index contributed by atoms with van der Waals surface area (Å²) in [5, 5.41) is 22.7. The van der Waals surface area contributed by atoms with Gasteiger partial charge in [0.1, 0.15) is 0 Å². The third-order valence-corrected chi connectivity index (χ3v) is 2.79. The zero-order chi connectivity index (χ0) is 17.4. The van der Waals surface area contributed by atoms with Gasteiger partial charge in [0.25, 0.3) is 5.91 Å². The molecule has 1 aromatic carbocycles. The average molecular weight is 325 g/mol. The summed E-state index contributed by atoms with van der Waals surface area (Å²) in [7, 11) is 0. The van der Waals surface area contributed by atoms with Crippen LogP contribution in [0.4, 0.5) is 18.9 Å². The van der Waals surface area contributed by atoms with Gasteiger partial charge in [-0.3, -0.25) is 14.9 Å². The Hall–Kier alpha value is -3.42. The van der Waals surface area contributed by atoms with E-state index in [1.54, 1.807) is 6.07 Å². The summed E-state index contributed by atoms with van der Waals surface area (Å²) in [5.41, 5.74) is 0.734. The molecule has 2 rings (SSSR count). The molecule has 0 fully saturated rings. The largest absolute Gasteiger partial charge is 0.442 e. The van der Waals surface area contributed by atoms with Crippen LogP contribution in [0.2, 0.25) is 0 Å². The Kier molecular flexibility index (Phi) is 3.75. The van der Waals surface area contributed by atoms with Crippen LogP contribution >= 0.6 is 0 Å². The van der Waals surface area contributed by atoms with E-state index in [4.69, 9.17) is 11.0 Å². The lowest BCUT2D eigenvalue weighted by atomic mass is 10.2. The van der Waals surface area contributed by atoms with Crippen molar-refractivity contribution >= 4 is 11.6 Å². The lowest BCUT2D eigenvalue weighted by Crippen LogP contribution is -2.18. The summed E-state index contributed by atoms with van der Waals surface area (Å²) < 4.78 is 39.2. The molecule has 1 amide bonds. The zero-order valence-electron chi connectivity index (χ0n) is 11.0. The molecule has 0 radical (unpaired) electrons. The molecule has 0 aliphatic carbocycles. The quantitative estimate of drug-likeness (QED) is 0.679. The number of nitro groups is 1. The smallest absolute Gasteiger partial charge is 0.364 e. The van der Waals surface area contributed by atoms with E-state index in [1.807, 2.05) is 0 Å². The molecule has 2 N–H and O–H groups in total. The van der Waals surface area contributed by atoms with Crippen LogP contribution in [0.3, 0.4) is 0 Å². The maximum Gasteiger partial charge on any atom is 0.442 e. The van der Waals surface area contributed by atoms with Crippen molar-refractivity contribution in [2.75, 3.05) is 0 Å². The molecule has 0 unspecified atom stereocenters. The number of nitrogens with zero attached hydrogens (tertiary/aromatic N) is 4. The van der Waals surface area contributed by atoms with Crippen LogP contribution in [-0.4, -0.2) is 20.6 Å². The van der Waals surface area contributed by atoms with E-state index < -0.39 is 34.1 Å². The van der Waals surface area contributed by atoms with Crippen molar-refractivity contribution in [3.8, 4) is 11.8 Å². The van der Waals surface area contributed by atoms with Crippen LogP contribution in [0.25, 0.3) is 5.69 Å². The fourth-order valence-electron chi connectivity index (χ4n) is 1.86. The van der Waals surface area contributed by atoms with E-state index in [-0.39, 0.29) is 11.3 Å². The van der Waals surface area contributed by atoms with Gasteiger partial charge in [-0.25, -0.2) is 4.68 Å². The van der Waals surface area contributed by atoms with Crippen molar-refractivity contribution in [3.63, 3.8) is 0 Å². The Morgan fingerprint density at radius 3 is 2.30 bits per heavy atom. The molecule has 0 atom stereocenters. The summed E-state index contributed by atoms with van der Waals surface area (Å²) in [6, 6.07) is 6.66. The molecule has 1 aromatic heterocycles. The molecule has 1 heterocycles. The van der Waals surface area contributed by atoms with Crippen LogP contribution in [0.5, 0.6) is 0 Å². The van der Waals surface area contributed by atoms with Crippen LogP contribution in [0.15, 0.2) is 24.3 Å². The third-order valence-electron chi connectivity index (χ3n) is 2.79. The first-order chi connectivity index (χ1) is 10.7. The number of primary amides is 1. The number of halogens is 3. The number of nitrogens with two attached hydrogens (primary N) is 1. The molecule has 0 aliphatic heterocycles. The fourth-order valence-corrected chi connectivity index (χ4v) is 1.86. The number of amides is 1.